The van der Waals surface area contributed by atoms with Crippen LogP contribution in [0.25, 0.3) is 10.9 Å². The van der Waals surface area contributed by atoms with E-state index in [1.165, 1.54) is 24.1 Å². The normalized spacial score (nSPS) is 14.1. The van der Waals surface area contributed by atoms with Crippen LogP contribution in [0.3, 0.4) is 0 Å². The van der Waals surface area contributed by atoms with Crippen molar-refractivity contribution < 1.29 is 23.5 Å². The Bertz CT molecular complexity index is 1390. The predicted octanol–water partition coefficient (Wildman–Crippen LogP) is 4.50. The van der Waals surface area contributed by atoms with Crippen LogP contribution >= 0.6 is 0 Å². The van der Waals surface area contributed by atoms with Crippen LogP contribution in [0.2, 0.25) is 0 Å². The Kier molecular flexibility index (Phi) is 9.81. The van der Waals surface area contributed by atoms with Crippen molar-refractivity contribution in [3.8, 4) is 5.75 Å². The van der Waals surface area contributed by atoms with E-state index in [0.29, 0.717) is 42.3 Å². The first-order valence-electron chi connectivity index (χ1n) is 14.4. The quantitative estimate of drug-likeness (QED) is 0.253. The molecular formula is C32H41FN4O4. The number of rotatable bonds is 11. The molecule has 0 saturated carbocycles. The molecule has 0 spiro atoms. The van der Waals surface area contributed by atoms with Crippen LogP contribution in [-0.2, 0) is 17.8 Å². The molecule has 9 heteroatoms. The molecule has 2 heterocycles. The Balaban J connectivity index is 1.61. The summed E-state index contributed by atoms with van der Waals surface area (Å²) in [6.45, 7) is 8.63. The van der Waals surface area contributed by atoms with Gasteiger partial charge < -0.3 is 24.0 Å². The second-order valence-electron chi connectivity index (χ2n) is 10.9. The van der Waals surface area contributed by atoms with Gasteiger partial charge >= 0.3 is 0 Å². The van der Waals surface area contributed by atoms with Crippen LogP contribution in [0.1, 0.15) is 53.0 Å². The number of aromatic nitrogens is 1. The fourth-order valence-electron chi connectivity index (χ4n) is 5.59. The Hall–Kier alpha value is -3.72. The summed E-state index contributed by atoms with van der Waals surface area (Å²) in [5, 5.41) is 0.570. The molecule has 2 aromatic carbocycles. The number of halogens is 1. The summed E-state index contributed by atoms with van der Waals surface area (Å²) in [4.78, 5) is 45.1. The van der Waals surface area contributed by atoms with Crippen LogP contribution in [0.4, 0.5) is 4.39 Å². The van der Waals surface area contributed by atoms with Crippen LogP contribution in [0, 0.1) is 11.7 Å². The van der Waals surface area contributed by atoms with Crippen molar-refractivity contribution in [1.82, 2.24) is 19.3 Å². The molecule has 1 aliphatic heterocycles. The minimum absolute atomic E-state index is 0.155. The lowest BCUT2D eigenvalue weighted by atomic mass is 9.90. The van der Waals surface area contributed by atoms with Gasteiger partial charge in [-0.2, -0.15) is 0 Å². The van der Waals surface area contributed by atoms with E-state index in [2.05, 4.69) is 18.7 Å². The number of piperidine rings is 1. The molecular weight excluding hydrogens is 523 g/mol. The SMILES string of the molecule is CCN(CC)CCn1cc(C(=O)C(=O)N(C)C)c2cc(C(=O)N3CCC(Cc4ccc(F)cc4)CC3)c(OC)cc21. The fraction of sp³-hybridized carbons (Fsp3) is 0.469. The average molecular weight is 565 g/mol. The fourth-order valence-corrected chi connectivity index (χ4v) is 5.59. The van der Waals surface area contributed by atoms with Crippen LogP contribution < -0.4 is 4.74 Å². The van der Waals surface area contributed by atoms with E-state index in [0.717, 1.165) is 50.0 Å². The number of Topliss-reactive ketones (excluding diaryl/α,β-unsaturated/α-hetero) is 1. The number of nitrogens with zero attached hydrogens (tertiary/aromatic N) is 4. The minimum atomic E-state index is -0.611. The van der Waals surface area contributed by atoms with E-state index in [1.54, 1.807) is 26.4 Å². The number of ketones is 1. The molecule has 4 rings (SSSR count). The third-order valence-electron chi connectivity index (χ3n) is 8.17. The molecule has 220 valence electrons. The average Bonchev–Trinajstić information content (AvgIpc) is 3.34. The zero-order chi connectivity index (χ0) is 29.7. The van der Waals surface area contributed by atoms with E-state index in [4.69, 9.17) is 4.74 Å². The summed E-state index contributed by atoms with van der Waals surface area (Å²) in [5.41, 5.74) is 2.51. The first kappa shape index (κ1) is 30.2. The Morgan fingerprint density at radius 1 is 1.00 bits per heavy atom. The third kappa shape index (κ3) is 6.78. The van der Waals surface area contributed by atoms with E-state index in [1.807, 2.05) is 27.7 Å². The van der Waals surface area contributed by atoms with Crippen LogP contribution in [0.15, 0.2) is 42.6 Å². The topological polar surface area (TPSA) is 75.1 Å². The van der Waals surface area contributed by atoms with Gasteiger partial charge in [0.2, 0.25) is 0 Å². The van der Waals surface area contributed by atoms with Crippen molar-refractivity contribution in [3.05, 3.63) is 65.1 Å². The Morgan fingerprint density at radius 3 is 2.24 bits per heavy atom. The number of hydrogen-bond acceptors (Lipinski definition) is 5. The number of methoxy groups -OCH3 is 1. The van der Waals surface area contributed by atoms with Gasteiger partial charge in [-0.1, -0.05) is 26.0 Å². The molecule has 0 atom stereocenters. The molecule has 0 bridgehead atoms. The molecule has 41 heavy (non-hydrogen) atoms. The number of fused-ring (bicyclic) bond motifs is 1. The summed E-state index contributed by atoms with van der Waals surface area (Å²) in [5.74, 6) is -0.759. The predicted molar refractivity (Wildman–Crippen MR) is 158 cm³/mol. The van der Waals surface area contributed by atoms with Crippen molar-refractivity contribution in [3.63, 3.8) is 0 Å². The number of ether oxygens (including phenoxy) is 1. The lowest BCUT2D eigenvalue weighted by Gasteiger charge is -2.32. The molecule has 0 unspecified atom stereocenters. The lowest BCUT2D eigenvalue weighted by Crippen LogP contribution is -2.39. The number of likely N-dealkylation sites (tertiary alicyclic amines) is 1. The zero-order valence-electron chi connectivity index (χ0n) is 24.8. The van der Waals surface area contributed by atoms with Gasteiger partial charge in [0, 0.05) is 57.9 Å². The lowest BCUT2D eigenvalue weighted by molar-refractivity contribution is -0.124. The molecule has 1 aliphatic rings. The highest BCUT2D eigenvalue weighted by Crippen LogP contribution is 2.32. The van der Waals surface area contributed by atoms with Crippen molar-refractivity contribution in [1.29, 1.82) is 0 Å². The second-order valence-corrected chi connectivity index (χ2v) is 10.9. The van der Waals surface area contributed by atoms with Gasteiger partial charge in [0.25, 0.3) is 17.6 Å². The van der Waals surface area contributed by atoms with E-state index in [-0.39, 0.29) is 17.3 Å². The van der Waals surface area contributed by atoms with Gasteiger partial charge in [0.15, 0.2) is 0 Å². The van der Waals surface area contributed by atoms with Gasteiger partial charge in [-0.3, -0.25) is 14.4 Å². The van der Waals surface area contributed by atoms with Crippen LogP contribution in [0.5, 0.6) is 5.75 Å². The molecule has 1 aromatic heterocycles. The standard InChI is InChI=1S/C32H41FN4O4/c1-6-35(7-2)16-17-37-21-27(30(38)32(40)34(3)4)25-19-26(29(41-5)20-28(25)37)31(39)36-14-12-23(13-15-36)18-22-8-10-24(33)11-9-22/h8-11,19-21,23H,6-7,12-18H2,1-5H3. The summed E-state index contributed by atoms with van der Waals surface area (Å²) in [6.07, 6.45) is 4.27. The molecule has 1 saturated heterocycles. The Labute approximate surface area is 241 Å². The molecule has 1 fully saturated rings. The first-order valence-corrected chi connectivity index (χ1v) is 14.4. The highest BCUT2D eigenvalue weighted by atomic mass is 19.1. The number of amides is 2. The minimum Gasteiger partial charge on any atom is -0.496 e. The molecule has 0 radical (unpaired) electrons. The van der Waals surface area contributed by atoms with Crippen molar-refractivity contribution in [2.45, 2.75) is 39.7 Å². The smallest absolute Gasteiger partial charge is 0.294 e. The summed E-state index contributed by atoms with van der Waals surface area (Å²) < 4.78 is 20.9. The number of likely N-dealkylation sites (N-methyl/N-ethyl adjacent to an activating group) is 2. The monoisotopic (exact) mass is 564 g/mol. The number of carbonyl (C=O) groups excluding carboxylic acids is 3. The molecule has 2 amide bonds. The molecule has 3 aromatic rings. The van der Waals surface area contributed by atoms with Crippen molar-refractivity contribution >= 4 is 28.5 Å². The summed E-state index contributed by atoms with van der Waals surface area (Å²) in [7, 11) is 4.65. The summed E-state index contributed by atoms with van der Waals surface area (Å²) in [6, 6.07) is 10.1. The maximum Gasteiger partial charge on any atom is 0.294 e. The molecule has 8 nitrogen and oxygen atoms in total. The zero-order valence-corrected chi connectivity index (χ0v) is 24.8. The maximum absolute atomic E-state index is 13.8. The molecule has 0 N–H and O–H groups in total. The van der Waals surface area contributed by atoms with Gasteiger partial charge in [0.1, 0.15) is 11.6 Å². The van der Waals surface area contributed by atoms with Gasteiger partial charge in [0.05, 0.1) is 23.8 Å². The highest BCUT2D eigenvalue weighted by Gasteiger charge is 2.29. The van der Waals surface area contributed by atoms with Gasteiger partial charge in [-0.05, 0) is 62.0 Å². The number of hydrogen-bond donors (Lipinski definition) is 0. The van der Waals surface area contributed by atoms with Crippen LogP contribution in [-0.4, -0.2) is 90.8 Å². The van der Waals surface area contributed by atoms with E-state index < -0.39 is 11.7 Å². The van der Waals surface area contributed by atoms with Crippen molar-refractivity contribution in [2.75, 3.05) is 53.9 Å². The first-order chi connectivity index (χ1) is 19.7. The van der Waals surface area contributed by atoms with E-state index >= 15 is 0 Å². The van der Waals surface area contributed by atoms with Gasteiger partial charge in [-0.25, -0.2) is 4.39 Å². The number of benzene rings is 2. The van der Waals surface area contributed by atoms with E-state index in [9.17, 15) is 18.8 Å². The maximum atomic E-state index is 13.8. The number of carbonyl (C=O) groups is 3. The van der Waals surface area contributed by atoms with Gasteiger partial charge in [-0.15, -0.1) is 0 Å². The summed E-state index contributed by atoms with van der Waals surface area (Å²) >= 11 is 0. The third-order valence-corrected chi connectivity index (χ3v) is 8.17. The second kappa shape index (κ2) is 13.3. The van der Waals surface area contributed by atoms with Crippen molar-refractivity contribution in [2.24, 2.45) is 5.92 Å². The highest BCUT2D eigenvalue weighted by molar-refractivity contribution is 6.44. The molecule has 0 aliphatic carbocycles. The largest absolute Gasteiger partial charge is 0.496 e. The Morgan fingerprint density at radius 2 is 1.66 bits per heavy atom.